The van der Waals surface area contributed by atoms with Crippen LogP contribution in [0.4, 0.5) is 11.4 Å². The summed E-state index contributed by atoms with van der Waals surface area (Å²) >= 11 is 0. The molecule has 1 aliphatic carbocycles. The number of nitrogens with one attached hydrogen (secondary N) is 1. The summed E-state index contributed by atoms with van der Waals surface area (Å²) < 4.78 is 44.0. The van der Waals surface area contributed by atoms with E-state index in [9.17, 15) is 23.3 Å². The van der Waals surface area contributed by atoms with Gasteiger partial charge in [0, 0.05) is 47.9 Å². The molecule has 13 heteroatoms. The third-order valence-electron chi connectivity index (χ3n) is 8.54. The van der Waals surface area contributed by atoms with Gasteiger partial charge in [-0.3, -0.25) is 14.9 Å². The Labute approximate surface area is 260 Å². The van der Waals surface area contributed by atoms with Crippen LogP contribution in [0.5, 0.6) is 17.2 Å². The lowest BCUT2D eigenvalue weighted by atomic mass is 9.61. The van der Waals surface area contributed by atoms with Gasteiger partial charge in [-0.05, 0) is 69.0 Å². The van der Waals surface area contributed by atoms with E-state index in [0.29, 0.717) is 31.1 Å². The SMILES string of the molecule is CCN(CC)c1ccc(C(=O)CS(=O)(=O)c2ccc(OCC3CC4(COC4)C3)c([N+](=O)[O-])c2)c(Oc2cnc3[nH]ccc3c2)c1. The summed E-state index contributed by atoms with van der Waals surface area (Å²) in [6.45, 7) is 7.20. The largest absolute Gasteiger partial charge is 0.487 e. The molecule has 0 amide bonds. The highest BCUT2D eigenvalue weighted by Gasteiger charge is 2.49. The minimum absolute atomic E-state index is 0.00763. The molecule has 1 N–H and O–H groups in total. The van der Waals surface area contributed by atoms with Crippen LogP contribution in [0.3, 0.4) is 0 Å². The molecule has 1 saturated carbocycles. The second-order valence-electron chi connectivity index (χ2n) is 11.7. The van der Waals surface area contributed by atoms with E-state index in [1.165, 1.54) is 18.3 Å². The number of hydrogen-bond acceptors (Lipinski definition) is 10. The van der Waals surface area contributed by atoms with Gasteiger partial charge in [-0.15, -0.1) is 0 Å². The number of carbonyl (C=O) groups excluding carboxylic acids is 1. The smallest absolute Gasteiger partial charge is 0.312 e. The van der Waals surface area contributed by atoms with Gasteiger partial charge in [0.1, 0.15) is 22.9 Å². The summed E-state index contributed by atoms with van der Waals surface area (Å²) in [4.78, 5) is 33.8. The van der Waals surface area contributed by atoms with Crippen LogP contribution in [0.2, 0.25) is 0 Å². The third kappa shape index (κ3) is 6.22. The summed E-state index contributed by atoms with van der Waals surface area (Å²) in [5, 5.41) is 12.7. The molecule has 236 valence electrons. The van der Waals surface area contributed by atoms with Crippen molar-refractivity contribution >= 4 is 38.0 Å². The second kappa shape index (κ2) is 12.1. The summed E-state index contributed by atoms with van der Waals surface area (Å²) in [5.74, 6) is -0.815. The van der Waals surface area contributed by atoms with Gasteiger partial charge in [-0.1, -0.05) is 0 Å². The fourth-order valence-electron chi connectivity index (χ4n) is 6.12. The maximum Gasteiger partial charge on any atom is 0.312 e. The molecule has 45 heavy (non-hydrogen) atoms. The van der Waals surface area contributed by atoms with Crippen molar-refractivity contribution in [2.75, 3.05) is 43.6 Å². The first-order chi connectivity index (χ1) is 21.6. The van der Waals surface area contributed by atoms with Crippen LogP contribution in [0.1, 0.15) is 37.0 Å². The minimum Gasteiger partial charge on any atom is -0.487 e. The number of fused-ring (bicyclic) bond motifs is 1. The van der Waals surface area contributed by atoms with Crippen molar-refractivity contribution in [3.63, 3.8) is 0 Å². The molecule has 1 aliphatic heterocycles. The van der Waals surface area contributed by atoms with Gasteiger partial charge in [0.2, 0.25) is 0 Å². The van der Waals surface area contributed by atoms with Crippen molar-refractivity contribution < 1.29 is 32.3 Å². The minimum atomic E-state index is -4.27. The van der Waals surface area contributed by atoms with Gasteiger partial charge in [-0.2, -0.15) is 0 Å². The number of hydrogen-bond donors (Lipinski definition) is 1. The molecule has 0 bridgehead atoms. The first kappa shape index (κ1) is 30.5. The summed E-state index contributed by atoms with van der Waals surface area (Å²) in [6, 6.07) is 12.1. The quantitative estimate of drug-likeness (QED) is 0.112. The number of sulfone groups is 1. The number of rotatable bonds is 13. The van der Waals surface area contributed by atoms with E-state index < -0.39 is 32.0 Å². The highest BCUT2D eigenvalue weighted by Crippen LogP contribution is 2.50. The molecule has 4 aromatic rings. The van der Waals surface area contributed by atoms with Crippen LogP contribution in [0, 0.1) is 21.4 Å². The Morgan fingerprint density at radius 2 is 1.89 bits per heavy atom. The molecular formula is C32H34N4O8S. The van der Waals surface area contributed by atoms with Gasteiger partial charge in [0.05, 0.1) is 41.4 Å². The number of anilines is 1. The molecule has 2 aliphatic rings. The van der Waals surface area contributed by atoms with Crippen LogP contribution in [0.25, 0.3) is 11.0 Å². The Kier molecular flexibility index (Phi) is 8.23. The number of pyridine rings is 1. The number of aromatic amines is 1. The summed E-state index contributed by atoms with van der Waals surface area (Å²) in [6.07, 6.45) is 5.14. The number of aromatic nitrogens is 2. The lowest BCUT2D eigenvalue weighted by Crippen LogP contribution is -2.53. The molecule has 0 radical (unpaired) electrons. The Bertz CT molecular complexity index is 1860. The average molecular weight is 635 g/mol. The number of carbonyl (C=O) groups is 1. The standard InChI is InChI=1S/C32H34N4O8S/c1-3-35(4-2)23-5-7-26(30(12-23)44-24-11-22-9-10-33-31(22)34-16-24)28(37)18-45(40,41)25-6-8-29(27(13-25)36(38)39)43-17-21-14-32(15-21)19-42-20-32/h5-13,16,21H,3-4,14-15,17-20H2,1-2H3,(H,33,34). The predicted molar refractivity (Wildman–Crippen MR) is 167 cm³/mol. The fraction of sp³-hybridized carbons (Fsp3) is 0.375. The van der Waals surface area contributed by atoms with Crippen LogP contribution < -0.4 is 14.4 Å². The van der Waals surface area contributed by atoms with E-state index in [1.54, 1.807) is 30.5 Å². The molecule has 6 rings (SSSR count). The molecule has 2 fully saturated rings. The average Bonchev–Trinajstić information content (AvgIpc) is 3.44. The van der Waals surface area contributed by atoms with Gasteiger partial charge in [-0.25, -0.2) is 13.4 Å². The number of nitro benzene ring substituents is 1. The number of nitrogens with zero attached hydrogens (tertiary/aromatic N) is 3. The summed E-state index contributed by atoms with van der Waals surface area (Å²) in [5.41, 5.74) is 1.30. The van der Waals surface area contributed by atoms with E-state index in [1.807, 2.05) is 19.9 Å². The molecule has 2 aromatic carbocycles. The van der Waals surface area contributed by atoms with Crippen LogP contribution in [-0.2, 0) is 14.6 Å². The van der Waals surface area contributed by atoms with Crippen molar-refractivity contribution in [2.24, 2.45) is 11.3 Å². The predicted octanol–water partition coefficient (Wildman–Crippen LogP) is 5.57. The van der Waals surface area contributed by atoms with E-state index in [0.717, 1.165) is 43.2 Å². The Morgan fingerprint density at radius 1 is 1.11 bits per heavy atom. The highest BCUT2D eigenvalue weighted by atomic mass is 32.2. The number of ketones is 1. The zero-order valence-electron chi connectivity index (χ0n) is 25.0. The lowest BCUT2D eigenvalue weighted by molar-refractivity contribution is -0.386. The van der Waals surface area contributed by atoms with Crippen LogP contribution in [0.15, 0.2) is 65.8 Å². The fourth-order valence-corrected chi connectivity index (χ4v) is 7.35. The molecule has 3 heterocycles. The van der Waals surface area contributed by atoms with Gasteiger partial charge in [0.25, 0.3) is 0 Å². The molecule has 1 spiro atoms. The second-order valence-corrected chi connectivity index (χ2v) is 13.7. The molecule has 12 nitrogen and oxygen atoms in total. The van der Waals surface area contributed by atoms with Crippen molar-refractivity contribution in [1.82, 2.24) is 9.97 Å². The number of H-pyrrole nitrogens is 1. The van der Waals surface area contributed by atoms with Gasteiger partial charge >= 0.3 is 5.69 Å². The van der Waals surface area contributed by atoms with Crippen LogP contribution in [-0.4, -0.2) is 67.8 Å². The topological polar surface area (TPSA) is 154 Å². The van der Waals surface area contributed by atoms with E-state index >= 15 is 0 Å². The normalized spacial score (nSPS) is 15.8. The van der Waals surface area contributed by atoms with Crippen LogP contribution >= 0.6 is 0 Å². The molecule has 1 saturated heterocycles. The zero-order chi connectivity index (χ0) is 31.8. The lowest BCUT2D eigenvalue weighted by Gasteiger charge is -2.53. The maximum absolute atomic E-state index is 13.6. The van der Waals surface area contributed by atoms with E-state index in [2.05, 4.69) is 14.9 Å². The molecule has 0 unspecified atom stereocenters. The van der Waals surface area contributed by atoms with Crippen molar-refractivity contribution in [1.29, 1.82) is 0 Å². The number of Topliss-reactive ketones (excluding diaryl/α,β-unsaturated/α-hetero) is 1. The molecular weight excluding hydrogens is 600 g/mol. The Hall–Kier alpha value is -4.49. The third-order valence-corrected chi connectivity index (χ3v) is 10.2. The number of ether oxygens (including phenoxy) is 3. The number of nitro groups is 1. The maximum atomic E-state index is 13.6. The van der Waals surface area contributed by atoms with Crippen molar-refractivity contribution in [2.45, 2.75) is 31.6 Å². The molecule has 2 aromatic heterocycles. The zero-order valence-corrected chi connectivity index (χ0v) is 25.8. The van der Waals surface area contributed by atoms with Crippen molar-refractivity contribution in [3.05, 3.63) is 76.6 Å². The summed E-state index contributed by atoms with van der Waals surface area (Å²) in [7, 11) is -4.27. The Morgan fingerprint density at radius 3 is 2.58 bits per heavy atom. The highest BCUT2D eigenvalue weighted by molar-refractivity contribution is 7.92. The van der Waals surface area contributed by atoms with E-state index in [-0.39, 0.29) is 33.3 Å². The van der Waals surface area contributed by atoms with E-state index in [4.69, 9.17) is 14.2 Å². The monoisotopic (exact) mass is 634 g/mol. The Balaban J connectivity index is 1.23. The van der Waals surface area contributed by atoms with Gasteiger partial charge < -0.3 is 24.1 Å². The molecule has 0 atom stereocenters. The van der Waals surface area contributed by atoms with Crippen molar-refractivity contribution in [3.8, 4) is 17.2 Å². The first-order valence-corrected chi connectivity index (χ1v) is 16.5. The number of benzene rings is 2. The first-order valence-electron chi connectivity index (χ1n) is 14.8. The van der Waals surface area contributed by atoms with Gasteiger partial charge in [0.15, 0.2) is 21.4 Å².